The average Bonchev–Trinajstić information content (AvgIpc) is 3.48. The molecule has 0 radical (unpaired) electrons. The van der Waals surface area contributed by atoms with Crippen LogP contribution < -0.4 is 9.64 Å². The van der Waals surface area contributed by atoms with E-state index in [1.165, 1.54) is 12.4 Å². The molecular formula is C26H26F3N5O3. The number of rotatable bonds is 5. The van der Waals surface area contributed by atoms with E-state index in [1.807, 2.05) is 25.1 Å². The van der Waals surface area contributed by atoms with Crippen LogP contribution in [0.25, 0.3) is 22.4 Å². The molecule has 3 heterocycles. The molecule has 0 aliphatic carbocycles. The predicted octanol–water partition coefficient (Wildman–Crippen LogP) is 4.76. The number of imidazole rings is 1. The highest BCUT2D eigenvalue weighted by Gasteiger charge is 2.31. The van der Waals surface area contributed by atoms with Crippen molar-refractivity contribution >= 4 is 22.6 Å². The van der Waals surface area contributed by atoms with Gasteiger partial charge in [0.1, 0.15) is 12.3 Å². The molecule has 1 fully saturated rings. The number of amides is 1. The van der Waals surface area contributed by atoms with Gasteiger partial charge < -0.3 is 23.5 Å². The van der Waals surface area contributed by atoms with E-state index in [-0.39, 0.29) is 24.0 Å². The van der Waals surface area contributed by atoms with Crippen LogP contribution in [0.2, 0.25) is 0 Å². The van der Waals surface area contributed by atoms with E-state index in [0.717, 1.165) is 23.4 Å². The number of piperazine rings is 1. The van der Waals surface area contributed by atoms with Crippen molar-refractivity contribution in [3.8, 4) is 17.1 Å². The number of methoxy groups -OCH3 is 1. The van der Waals surface area contributed by atoms with Crippen LogP contribution in [-0.4, -0.2) is 58.1 Å². The zero-order chi connectivity index (χ0) is 26.3. The second-order valence-corrected chi connectivity index (χ2v) is 9.08. The summed E-state index contributed by atoms with van der Waals surface area (Å²) in [5, 5.41) is 0. The molecule has 2 aromatic heterocycles. The van der Waals surface area contributed by atoms with Crippen LogP contribution in [0.15, 0.2) is 53.3 Å². The van der Waals surface area contributed by atoms with Gasteiger partial charge in [-0.25, -0.2) is 9.97 Å². The standard InChI is InChI=1S/C26H26F3N5O3/c1-16-13-32(19-5-6-20(23(11-19)36-3)24-12-30-17(2)37-24)8-9-34(16)25(35)14-33-15-31-21-10-18(26(27,28)29)4-7-22(21)33/h4-7,10-12,15-16H,8-9,13-14H2,1-3H3/t16-/m0/s1. The number of carbonyl (C=O) groups is 1. The summed E-state index contributed by atoms with van der Waals surface area (Å²) >= 11 is 0. The zero-order valence-electron chi connectivity index (χ0n) is 20.6. The van der Waals surface area contributed by atoms with Crippen molar-refractivity contribution in [2.75, 3.05) is 31.6 Å². The Bertz CT molecular complexity index is 1450. The Morgan fingerprint density at radius 2 is 1.97 bits per heavy atom. The van der Waals surface area contributed by atoms with Crippen molar-refractivity contribution in [2.45, 2.75) is 32.6 Å². The van der Waals surface area contributed by atoms with E-state index in [2.05, 4.69) is 14.9 Å². The lowest BCUT2D eigenvalue weighted by Gasteiger charge is -2.41. The van der Waals surface area contributed by atoms with E-state index >= 15 is 0 Å². The number of carbonyl (C=O) groups excluding carboxylic acids is 1. The number of anilines is 1. The number of aryl methyl sites for hydroxylation is 1. The topological polar surface area (TPSA) is 76.6 Å². The number of oxazole rings is 1. The summed E-state index contributed by atoms with van der Waals surface area (Å²) in [4.78, 5) is 25.3. The number of alkyl halides is 3. The minimum Gasteiger partial charge on any atom is -0.496 e. The first kappa shape index (κ1) is 24.7. The smallest absolute Gasteiger partial charge is 0.416 e. The lowest BCUT2D eigenvalue weighted by atomic mass is 10.1. The van der Waals surface area contributed by atoms with Gasteiger partial charge in [-0.3, -0.25) is 4.79 Å². The molecule has 4 aromatic rings. The van der Waals surface area contributed by atoms with E-state index in [4.69, 9.17) is 9.15 Å². The van der Waals surface area contributed by atoms with Crippen molar-refractivity contribution < 1.29 is 27.1 Å². The fourth-order valence-electron chi connectivity index (χ4n) is 4.73. The summed E-state index contributed by atoms with van der Waals surface area (Å²) in [7, 11) is 1.61. The highest BCUT2D eigenvalue weighted by molar-refractivity contribution is 5.81. The molecule has 11 heteroatoms. The molecule has 1 atom stereocenters. The van der Waals surface area contributed by atoms with Crippen LogP contribution in [0, 0.1) is 6.92 Å². The van der Waals surface area contributed by atoms with Crippen molar-refractivity contribution in [1.82, 2.24) is 19.4 Å². The molecule has 8 nitrogen and oxygen atoms in total. The maximum Gasteiger partial charge on any atom is 0.416 e. The summed E-state index contributed by atoms with van der Waals surface area (Å²) in [5.74, 6) is 1.76. The second-order valence-electron chi connectivity index (χ2n) is 9.08. The number of hydrogen-bond acceptors (Lipinski definition) is 6. The Kier molecular flexibility index (Phi) is 6.30. The van der Waals surface area contributed by atoms with Crippen LogP contribution in [0.4, 0.5) is 18.9 Å². The summed E-state index contributed by atoms with van der Waals surface area (Å²) in [6.07, 6.45) is -1.37. The minimum absolute atomic E-state index is 0.00528. The quantitative estimate of drug-likeness (QED) is 0.383. The number of nitrogens with zero attached hydrogens (tertiary/aromatic N) is 5. The van der Waals surface area contributed by atoms with Crippen LogP contribution in [-0.2, 0) is 17.5 Å². The molecule has 37 heavy (non-hydrogen) atoms. The zero-order valence-corrected chi connectivity index (χ0v) is 20.6. The third-order valence-corrected chi connectivity index (χ3v) is 6.64. The molecule has 1 aliphatic heterocycles. The van der Waals surface area contributed by atoms with Gasteiger partial charge in [0, 0.05) is 44.4 Å². The van der Waals surface area contributed by atoms with Crippen molar-refractivity contribution in [3.05, 3.63) is 60.4 Å². The molecule has 1 aliphatic rings. The molecule has 194 valence electrons. The van der Waals surface area contributed by atoms with Crippen molar-refractivity contribution in [3.63, 3.8) is 0 Å². The highest BCUT2D eigenvalue weighted by atomic mass is 19.4. The number of fused-ring (bicyclic) bond motifs is 1. The molecule has 1 amide bonds. The maximum atomic E-state index is 13.1. The van der Waals surface area contributed by atoms with Gasteiger partial charge in [-0.1, -0.05) is 0 Å². The van der Waals surface area contributed by atoms with E-state index in [0.29, 0.717) is 42.6 Å². The lowest BCUT2D eigenvalue weighted by molar-refractivity contribution is -0.137. The van der Waals surface area contributed by atoms with Crippen molar-refractivity contribution in [1.29, 1.82) is 0 Å². The fraction of sp³-hybridized carbons (Fsp3) is 0.346. The van der Waals surface area contributed by atoms with Crippen LogP contribution in [0.1, 0.15) is 18.4 Å². The molecule has 0 spiro atoms. The van der Waals surface area contributed by atoms with Crippen LogP contribution >= 0.6 is 0 Å². The first-order valence-corrected chi connectivity index (χ1v) is 11.8. The molecule has 0 bridgehead atoms. The van der Waals surface area contributed by atoms with Gasteiger partial charge in [-0.2, -0.15) is 13.2 Å². The van der Waals surface area contributed by atoms with Gasteiger partial charge in [-0.15, -0.1) is 0 Å². The van der Waals surface area contributed by atoms with E-state index < -0.39 is 11.7 Å². The SMILES string of the molecule is COc1cc(N2CCN(C(=O)Cn3cnc4cc(C(F)(F)F)ccc43)[C@@H](C)C2)ccc1-c1cnc(C)o1. The summed E-state index contributed by atoms with van der Waals surface area (Å²) < 4.78 is 51.8. The average molecular weight is 514 g/mol. The Morgan fingerprint density at radius 3 is 2.65 bits per heavy atom. The Hall–Kier alpha value is -4.02. The third kappa shape index (κ3) is 4.85. The fourth-order valence-corrected chi connectivity index (χ4v) is 4.73. The largest absolute Gasteiger partial charge is 0.496 e. The summed E-state index contributed by atoms with van der Waals surface area (Å²) in [6.45, 7) is 5.52. The van der Waals surface area contributed by atoms with Crippen LogP contribution in [0.3, 0.4) is 0 Å². The lowest BCUT2D eigenvalue weighted by Crippen LogP contribution is -2.54. The Balaban J connectivity index is 1.27. The first-order chi connectivity index (χ1) is 17.6. The number of halogens is 3. The van der Waals surface area contributed by atoms with E-state index in [9.17, 15) is 18.0 Å². The predicted molar refractivity (Wildman–Crippen MR) is 131 cm³/mol. The Morgan fingerprint density at radius 1 is 1.16 bits per heavy atom. The second kappa shape index (κ2) is 9.45. The number of aromatic nitrogens is 3. The molecular weight excluding hydrogens is 487 g/mol. The van der Waals surface area contributed by atoms with Crippen molar-refractivity contribution in [2.24, 2.45) is 0 Å². The molecule has 1 saturated heterocycles. The van der Waals surface area contributed by atoms with Crippen LogP contribution in [0.5, 0.6) is 5.75 Å². The molecule has 0 unspecified atom stereocenters. The van der Waals surface area contributed by atoms with E-state index in [1.54, 1.807) is 29.7 Å². The number of benzene rings is 2. The molecule has 5 rings (SSSR count). The van der Waals surface area contributed by atoms with Gasteiger partial charge >= 0.3 is 6.18 Å². The Labute approximate surface area is 211 Å². The highest BCUT2D eigenvalue weighted by Crippen LogP contribution is 2.35. The molecule has 0 saturated carbocycles. The molecule has 0 N–H and O–H groups in total. The number of hydrogen-bond donors (Lipinski definition) is 0. The van der Waals surface area contributed by atoms with Gasteiger partial charge in [-0.05, 0) is 37.3 Å². The van der Waals surface area contributed by atoms with Gasteiger partial charge in [0.2, 0.25) is 5.91 Å². The normalized spacial score (nSPS) is 16.4. The number of ether oxygens (including phenoxy) is 1. The minimum atomic E-state index is -4.44. The van der Waals surface area contributed by atoms with Gasteiger partial charge in [0.15, 0.2) is 11.7 Å². The van der Waals surface area contributed by atoms with Gasteiger partial charge in [0.05, 0.1) is 41.8 Å². The monoisotopic (exact) mass is 513 g/mol. The summed E-state index contributed by atoms with van der Waals surface area (Å²) in [6, 6.07) is 9.17. The molecule has 2 aromatic carbocycles. The maximum absolute atomic E-state index is 13.1. The first-order valence-electron chi connectivity index (χ1n) is 11.8. The van der Waals surface area contributed by atoms with Gasteiger partial charge in [0.25, 0.3) is 0 Å². The third-order valence-electron chi connectivity index (χ3n) is 6.64. The summed E-state index contributed by atoms with van der Waals surface area (Å²) in [5.41, 5.74) is 1.71.